The van der Waals surface area contributed by atoms with Crippen molar-refractivity contribution in [1.29, 1.82) is 0 Å². The number of ether oxygens (including phenoxy) is 1. The first-order valence-corrected chi connectivity index (χ1v) is 12.3. The van der Waals surface area contributed by atoms with E-state index in [0.717, 1.165) is 5.56 Å². The summed E-state index contributed by atoms with van der Waals surface area (Å²) in [6.07, 6.45) is -0.0410. The molecule has 2 atom stereocenters. The molecule has 0 fully saturated rings. The predicted molar refractivity (Wildman–Crippen MR) is 143 cm³/mol. The Morgan fingerprint density at radius 3 is 2.13 bits per heavy atom. The molecule has 0 spiro atoms. The van der Waals surface area contributed by atoms with E-state index in [-0.39, 0.29) is 26.0 Å². The van der Waals surface area contributed by atoms with E-state index in [0.29, 0.717) is 17.7 Å². The Morgan fingerprint density at radius 2 is 1.55 bits per heavy atom. The van der Waals surface area contributed by atoms with Crippen LogP contribution in [0, 0.1) is 0 Å². The minimum atomic E-state index is -1.02. The van der Waals surface area contributed by atoms with Crippen LogP contribution in [0.4, 0.5) is 15.3 Å². The summed E-state index contributed by atoms with van der Waals surface area (Å²) in [5.41, 5.74) is 6.31. The van der Waals surface area contributed by atoms with Crippen molar-refractivity contribution in [2.24, 2.45) is 5.73 Å². The number of hydrogen-bond donors (Lipinski definition) is 6. The number of rotatable bonds is 12. The van der Waals surface area contributed by atoms with Gasteiger partial charge in [-0.2, -0.15) is 0 Å². The van der Waals surface area contributed by atoms with Gasteiger partial charge in [0, 0.05) is 18.7 Å². The molecule has 11 nitrogen and oxygen atoms in total. The minimum Gasteiger partial charge on any atom is -0.444 e. The molecule has 0 radical (unpaired) electrons. The lowest BCUT2D eigenvalue weighted by Crippen LogP contribution is -2.54. The average molecular weight is 528 g/mol. The molecule has 7 N–H and O–H groups in total. The van der Waals surface area contributed by atoms with Crippen molar-refractivity contribution in [3.05, 3.63) is 65.7 Å². The van der Waals surface area contributed by atoms with Crippen molar-refractivity contribution in [2.45, 2.75) is 64.3 Å². The fourth-order valence-corrected chi connectivity index (χ4v) is 3.49. The van der Waals surface area contributed by atoms with Crippen LogP contribution in [0.3, 0.4) is 0 Å². The molecule has 0 aliphatic heterocycles. The summed E-state index contributed by atoms with van der Waals surface area (Å²) < 4.78 is 5.33. The van der Waals surface area contributed by atoms with Gasteiger partial charge in [0.2, 0.25) is 11.8 Å². The first kappa shape index (κ1) is 30.1. The minimum absolute atomic E-state index is 0.132. The van der Waals surface area contributed by atoms with E-state index >= 15 is 0 Å². The lowest BCUT2D eigenvalue weighted by molar-refractivity contribution is -0.128. The summed E-state index contributed by atoms with van der Waals surface area (Å²) in [6.45, 7) is 5.22. The number of alkyl carbamates (subject to hydrolysis) is 1. The lowest BCUT2D eigenvalue weighted by Gasteiger charge is -2.25. The van der Waals surface area contributed by atoms with Gasteiger partial charge in [0.05, 0.1) is 6.61 Å². The van der Waals surface area contributed by atoms with Gasteiger partial charge in [-0.05, 0) is 56.9 Å². The number of hydrogen-bond acceptors (Lipinski definition) is 6. The van der Waals surface area contributed by atoms with Crippen molar-refractivity contribution >= 4 is 29.6 Å². The maximum atomic E-state index is 13.4. The van der Waals surface area contributed by atoms with E-state index in [2.05, 4.69) is 21.3 Å². The highest BCUT2D eigenvalue weighted by molar-refractivity contribution is 5.98. The lowest BCUT2D eigenvalue weighted by atomic mass is 10.0. The molecule has 0 saturated heterocycles. The highest BCUT2D eigenvalue weighted by atomic mass is 16.6. The van der Waals surface area contributed by atoms with E-state index in [9.17, 15) is 24.3 Å². The zero-order chi connectivity index (χ0) is 28.1. The van der Waals surface area contributed by atoms with Gasteiger partial charge in [-0.25, -0.2) is 9.59 Å². The topological polar surface area (TPSA) is 172 Å². The number of primary amides is 1. The number of nitrogens with two attached hydrogens (primary N) is 1. The van der Waals surface area contributed by atoms with E-state index < -0.39 is 41.6 Å². The number of anilines is 1. The van der Waals surface area contributed by atoms with Crippen LogP contribution in [-0.4, -0.2) is 53.3 Å². The predicted octanol–water partition coefficient (Wildman–Crippen LogP) is 2.19. The van der Waals surface area contributed by atoms with Crippen LogP contribution in [0.5, 0.6) is 0 Å². The summed E-state index contributed by atoms with van der Waals surface area (Å²) in [7, 11) is 0. The van der Waals surface area contributed by atoms with Crippen LogP contribution >= 0.6 is 0 Å². The van der Waals surface area contributed by atoms with Gasteiger partial charge in [0.15, 0.2) is 0 Å². The van der Waals surface area contributed by atoms with Crippen molar-refractivity contribution in [3.63, 3.8) is 0 Å². The Balaban J connectivity index is 2.19. The number of carbonyl (C=O) groups is 4. The van der Waals surface area contributed by atoms with Crippen molar-refractivity contribution in [2.75, 3.05) is 11.9 Å². The molecule has 11 heteroatoms. The summed E-state index contributed by atoms with van der Waals surface area (Å²) in [6, 6.07) is 13.1. The SMILES string of the molecule is CC(C)(C)OC(=O)N[C@@H](Cc1ccccc1)C(=O)N[C@@H](CCCNC(N)=O)C(=O)Nc1ccc(CO)cc1. The second-order valence-electron chi connectivity index (χ2n) is 9.73. The van der Waals surface area contributed by atoms with Crippen LogP contribution in [-0.2, 0) is 27.4 Å². The number of aliphatic hydroxyl groups excluding tert-OH is 1. The number of aliphatic hydroxyl groups is 1. The third-order valence-electron chi connectivity index (χ3n) is 5.30. The molecule has 0 bridgehead atoms. The number of carbonyl (C=O) groups excluding carboxylic acids is 4. The molecule has 0 heterocycles. The Kier molecular flexibility index (Phi) is 11.5. The first-order valence-electron chi connectivity index (χ1n) is 12.3. The fourth-order valence-electron chi connectivity index (χ4n) is 3.49. The molecule has 2 rings (SSSR count). The van der Waals surface area contributed by atoms with Crippen LogP contribution in [0.25, 0.3) is 0 Å². The molecule has 0 unspecified atom stereocenters. The normalized spacial score (nSPS) is 12.5. The molecule has 5 amide bonds. The Bertz CT molecular complexity index is 1070. The van der Waals surface area contributed by atoms with Gasteiger partial charge in [-0.3, -0.25) is 9.59 Å². The van der Waals surface area contributed by atoms with Gasteiger partial charge in [-0.1, -0.05) is 42.5 Å². The second-order valence-corrected chi connectivity index (χ2v) is 9.73. The number of urea groups is 1. The molecule has 0 aliphatic rings. The highest BCUT2D eigenvalue weighted by Crippen LogP contribution is 2.12. The van der Waals surface area contributed by atoms with Gasteiger partial charge < -0.3 is 36.8 Å². The summed E-state index contributed by atoms with van der Waals surface area (Å²) in [5, 5.41) is 19.8. The molecule has 206 valence electrons. The van der Waals surface area contributed by atoms with Gasteiger partial charge in [-0.15, -0.1) is 0 Å². The molecule has 0 saturated carbocycles. The van der Waals surface area contributed by atoms with Crippen LogP contribution < -0.4 is 27.0 Å². The summed E-state index contributed by atoms with van der Waals surface area (Å²) in [5.74, 6) is -1.05. The smallest absolute Gasteiger partial charge is 0.408 e. The standard InChI is InChI=1S/C27H37N5O6/c1-27(2,3)38-26(37)32-22(16-18-8-5-4-6-9-18)24(35)31-21(10-7-15-29-25(28)36)23(34)30-20-13-11-19(17-33)12-14-20/h4-6,8-9,11-14,21-22,33H,7,10,15-17H2,1-3H3,(H,30,34)(H,31,35)(H,32,37)(H3,28,29,36)/t21-,22-/m0/s1. The van der Waals surface area contributed by atoms with Crippen LogP contribution in [0.2, 0.25) is 0 Å². The average Bonchev–Trinajstić information content (AvgIpc) is 2.85. The van der Waals surface area contributed by atoms with Crippen LogP contribution in [0.15, 0.2) is 54.6 Å². The second kappa shape index (κ2) is 14.6. The molecule has 38 heavy (non-hydrogen) atoms. The Morgan fingerprint density at radius 1 is 0.895 bits per heavy atom. The molecule has 2 aromatic carbocycles. The maximum absolute atomic E-state index is 13.4. The van der Waals surface area contributed by atoms with Gasteiger partial charge in [0.1, 0.15) is 17.7 Å². The van der Waals surface area contributed by atoms with Crippen molar-refractivity contribution < 1.29 is 29.0 Å². The van der Waals surface area contributed by atoms with Crippen molar-refractivity contribution in [3.8, 4) is 0 Å². The fraction of sp³-hybridized carbons (Fsp3) is 0.407. The number of nitrogens with one attached hydrogen (secondary N) is 4. The molecule has 0 aromatic heterocycles. The number of benzene rings is 2. The quantitative estimate of drug-likeness (QED) is 0.231. The van der Waals surface area contributed by atoms with Crippen LogP contribution in [0.1, 0.15) is 44.7 Å². The van der Waals surface area contributed by atoms with E-state index in [1.807, 2.05) is 30.3 Å². The van der Waals surface area contributed by atoms with E-state index in [1.54, 1.807) is 45.0 Å². The summed E-state index contributed by atoms with van der Waals surface area (Å²) in [4.78, 5) is 50.0. The molecule has 0 aliphatic carbocycles. The van der Waals surface area contributed by atoms with Gasteiger partial charge >= 0.3 is 12.1 Å². The molecule has 2 aromatic rings. The van der Waals surface area contributed by atoms with Crippen molar-refractivity contribution in [1.82, 2.24) is 16.0 Å². The maximum Gasteiger partial charge on any atom is 0.408 e. The van der Waals surface area contributed by atoms with E-state index in [1.165, 1.54) is 0 Å². The zero-order valence-electron chi connectivity index (χ0n) is 22.0. The highest BCUT2D eigenvalue weighted by Gasteiger charge is 2.28. The third kappa shape index (κ3) is 11.3. The summed E-state index contributed by atoms with van der Waals surface area (Å²) >= 11 is 0. The molecular weight excluding hydrogens is 490 g/mol. The Hall–Kier alpha value is -4.12. The number of amides is 5. The third-order valence-corrected chi connectivity index (χ3v) is 5.30. The largest absolute Gasteiger partial charge is 0.444 e. The van der Waals surface area contributed by atoms with Gasteiger partial charge in [0.25, 0.3) is 0 Å². The van der Waals surface area contributed by atoms with E-state index in [4.69, 9.17) is 10.5 Å². The zero-order valence-corrected chi connectivity index (χ0v) is 22.0. The first-order chi connectivity index (χ1) is 18.0. The molecular formula is C27H37N5O6. The monoisotopic (exact) mass is 527 g/mol. The Labute approximate surface area is 222 Å².